The highest BCUT2D eigenvalue weighted by molar-refractivity contribution is 7.98. The van der Waals surface area contributed by atoms with E-state index in [-0.39, 0.29) is 16.5 Å². The third-order valence-corrected chi connectivity index (χ3v) is 5.93. The molecule has 0 bridgehead atoms. The summed E-state index contributed by atoms with van der Waals surface area (Å²) in [5, 5.41) is 1.18. The van der Waals surface area contributed by atoms with Gasteiger partial charge in [0.2, 0.25) is 5.78 Å². The highest BCUT2D eigenvalue weighted by atomic mass is 35.5. The number of nitrogens with zero attached hydrogens (tertiary/aromatic N) is 3. The predicted molar refractivity (Wildman–Crippen MR) is 122 cm³/mol. The molecule has 9 heteroatoms. The maximum Gasteiger partial charge on any atom is 0.359 e. The number of ether oxygens (including phenoxy) is 1. The summed E-state index contributed by atoms with van der Waals surface area (Å²) in [7, 11) is 0. The van der Waals surface area contributed by atoms with Crippen LogP contribution in [0.15, 0.2) is 41.7 Å². The molecular weight excluding hydrogens is 457 g/mol. The van der Waals surface area contributed by atoms with Crippen LogP contribution >= 0.6 is 35.0 Å². The van der Waals surface area contributed by atoms with Gasteiger partial charge in [0.05, 0.1) is 11.2 Å². The molecule has 0 amide bonds. The van der Waals surface area contributed by atoms with Gasteiger partial charge >= 0.3 is 5.97 Å². The molecule has 162 valence electrons. The molecule has 0 fully saturated rings. The Morgan fingerprint density at radius 3 is 2.55 bits per heavy atom. The van der Waals surface area contributed by atoms with Crippen molar-refractivity contribution < 1.29 is 14.3 Å². The SMILES string of the molecule is CSc1ncc(Cl)c(C(=O)OCC(=O)c2cc(C)n(CCc3ccc(Cl)cc3)c2C)n1. The molecule has 0 unspecified atom stereocenters. The highest BCUT2D eigenvalue weighted by Gasteiger charge is 2.20. The lowest BCUT2D eigenvalue weighted by atomic mass is 10.1. The van der Waals surface area contributed by atoms with Gasteiger partial charge in [0.25, 0.3) is 0 Å². The fourth-order valence-electron chi connectivity index (χ4n) is 3.19. The first-order valence-corrected chi connectivity index (χ1v) is 11.5. The van der Waals surface area contributed by atoms with Crippen LogP contribution in [0.25, 0.3) is 0 Å². The molecule has 0 aliphatic heterocycles. The van der Waals surface area contributed by atoms with E-state index in [1.165, 1.54) is 18.0 Å². The highest BCUT2D eigenvalue weighted by Crippen LogP contribution is 2.20. The summed E-state index contributed by atoms with van der Waals surface area (Å²) < 4.78 is 7.25. The Bertz CT molecular complexity index is 1110. The number of esters is 1. The Balaban J connectivity index is 1.66. The van der Waals surface area contributed by atoms with E-state index in [2.05, 4.69) is 14.5 Å². The fourth-order valence-corrected chi connectivity index (χ4v) is 3.82. The first-order chi connectivity index (χ1) is 14.8. The third kappa shape index (κ3) is 5.67. The van der Waals surface area contributed by atoms with Crippen molar-refractivity contribution in [2.75, 3.05) is 12.9 Å². The minimum atomic E-state index is -0.757. The van der Waals surface area contributed by atoms with Crippen LogP contribution < -0.4 is 0 Å². The lowest BCUT2D eigenvalue weighted by Gasteiger charge is -2.10. The number of thioether (sulfide) groups is 1. The van der Waals surface area contributed by atoms with Gasteiger partial charge in [-0.25, -0.2) is 14.8 Å². The van der Waals surface area contributed by atoms with Crippen molar-refractivity contribution in [3.05, 3.63) is 74.8 Å². The zero-order chi connectivity index (χ0) is 22.5. The maximum absolute atomic E-state index is 12.7. The molecule has 0 aliphatic carbocycles. The lowest BCUT2D eigenvalue weighted by molar-refractivity contribution is 0.0468. The number of hydrogen-bond acceptors (Lipinski definition) is 6. The van der Waals surface area contributed by atoms with Gasteiger partial charge < -0.3 is 9.30 Å². The lowest BCUT2D eigenvalue weighted by Crippen LogP contribution is -2.17. The number of aryl methyl sites for hydroxylation is 2. The number of aromatic nitrogens is 3. The van der Waals surface area contributed by atoms with E-state index in [9.17, 15) is 9.59 Å². The van der Waals surface area contributed by atoms with E-state index in [1.807, 2.05) is 44.2 Å². The van der Waals surface area contributed by atoms with E-state index in [4.69, 9.17) is 27.9 Å². The van der Waals surface area contributed by atoms with Crippen LogP contribution in [0, 0.1) is 13.8 Å². The van der Waals surface area contributed by atoms with Crippen LogP contribution in [0.1, 0.15) is 37.8 Å². The van der Waals surface area contributed by atoms with Crippen LogP contribution in [-0.2, 0) is 17.7 Å². The molecule has 2 aromatic heterocycles. The van der Waals surface area contributed by atoms with Gasteiger partial charge in [0, 0.05) is 28.5 Å². The van der Waals surface area contributed by atoms with Crippen molar-refractivity contribution in [2.45, 2.75) is 32.0 Å². The van der Waals surface area contributed by atoms with Crippen LogP contribution in [0.3, 0.4) is 0 Å². The van der Waals surface area contributed by atoms with Gasteiger partial charge in [-0.15, -0.1) is 0 Å². The molecule has 31 heavy (non-hydrogen) atoms. The molecule has 1 aromatic carbocycles. The Kier molecular flexibility index (Phi) is 7.75. The van der Waals surface area contributed by atoms with Crippen LogP contribution in [0.5, 0.6) is 0 Å². The van der Waals surface area contributed by atoms with E-state index in [0.717, 1.165) is 29.9 Å². The van der Waals surface area contributed by atoms with Gasteiger partial charge in [-0.2, -0.15) is 0 Å². The second-order valence-electron chi connectivity index (χ2n) is 6.87. The zero-order valence-electron chi connectivity index (χ0n) is 17.3. The van der Waals surface area contributed by atoms with Crippen molar-refractivity contribution >= 4 is 46.7 Å². The summed E-state index contributed by atoms with van der Waals surface area (Å²) in [6, 6.07) is 9.52. The second kappa shape index (κ2) is 10.3. The Hall–Kier alpha value is -2.35. The first-order valence-electron chi connectivity index (χ1n) is 9.48. The van der Waals surface area contributed by atoms with E-state index < -0.39 is 12.6 Å². The summed E-state index contributed by atoms with van der Waals surface area (Å²) in [5.41, 5.74) is 3.43. The van der Waals surface area contributed by atoms with Gasteiger partial charge in [-0.3, -0.25) is 4.79 Å². The molecule has 0 saturated heterocycles. The van der Waals surface area contributed by atoms with Crippen LogP contribution in [-0.4, -0.2) is 39.2 Å². The molecular formula is C22H21Cl2N3O3S. The van der Waals surface area contributed by atoms with Crippen LogP contribution in [0.2, 0.25) is 10.0 Å². The summed E-state index contributed by atoms with van der Waals surface area (Å²) in [6.45, 7) is 4.16. The van der Waals surface area contributed by atoms with E-state index in [0.29, 0.717) is 15.7 Å². The zero-order valence-corrected chi connectivity index (χ0v) is 19.6. The molecule has 3 rings (SSSR count). The largest absolute Gasteiger partial charge is 0.453 e. The molecule has 6 nitrogen and oxygen atoms in total. The summed E-state index contributed by atoms with van der Waals surface area (Å²) >= 11 is 13.2. The molecule has 0 saturated carbocycles. The number of Topliss-reactive ketones (excluding diaryl/α,β-unsaturated/α-hetero) is 1. The number of ketones is 1. The van der Waals surface area contributed by atoms with Crippen molar-refractivity contribution in [3.63, 3.8) is 0 Å². The molecule has 2 heterocycles. The quantitative estimate of drug-likeness (QED) is 0.192. The topological polar surface area (TPSA) is 74.1 Å². The third-order valence-electron chi connectivity index (χ3n) is 4.84. The standard InChI is InChI=1S/C22H21Cl2N3O3S/c1-13-10-17(14(2)27(13)9-8-15-4-6-16(23)7-5-15)19(28)12-30-21(29)20-18(24)11-25-22(26-20)31-3/h4-7,10-11H,8-9,12H2,1-3H3. The fraction of sp³-hybridized carbons (Fsp3) is 0.273. The molecule has 0 spiro atoms. The van der Waals surface area contributed by atoms with Crippen molar-refractivity contribution in [3.8, 4) is 0 Å². The first kappa shape index (κ1) is 23.3. The number of carbonyl (C=O) groups is 2. The van der Waals surface area contributed by atoms with Gasteiger partial charge in [0.1, 0.15) is 0 Å². The van der Waals surface area contributed by atoms with Crippen molar-refractivity contribution in [1.29, 1.82) is 0 Å². The van der Waals surface area contributed by atoms with Crippen LogP contribution in [0.4, 0.5) is 0 Å². The average Bonchev–Trinajstić information content (AvgIpc) is 3.05. The summed E-state index contributed by atoms with van der Waals surface area (Å²) in [4.78, 5) is 33.1. The van der Waals surface area contributed by atoms with Crippen molar-refractivity contribution in [1.82, 2.24) is 14.5 Å². The van der Waals surface area contributed by atoms with Gasteiger partial charge in [-0.05, 0) is 50.3 Å². The second-order valence-corrected chi connectivity index (χ2v) is 8.48. The molecule has 0 N–H and O–H groups in total. The van der Waals surface area contributed by atoms with E-state index in [1.54, 1.807) is 6.26 Å². The molecule has 0 atom stereocenters. The monoisotopic (exact) mass is 477 g/mol. The Morgan fingerprint density at radius 1 is 1.16 bits per heavy atom. The number of carbonyl (C=O) groups excluding carboxylic acids is 2. The average molecular weight is 478 g/mol. The number of halogens is 2. The number of rotatable bonds is 8. The smallest absolute Gasteiger partial charge is 0.359 e. The molecule has 0 aliphatic rings. The normalized spacial score (nSPS) is 10.9. The number of hydrogen-bond donors (Lipinski definition) is 0. The number of benzene rings is 1. The molecule has 3 aromatic rings. The van der Waals surface area contributed by atoms with E-state index >= 15 is 0 Å². The minimum absolute atomic E-state index is 0.0535. The maximum atomic E-state index is 12.7. The predicted octanol–water partition coefficient (Wildman–Crippen LogP) is 5.21. The summed E-state index contributed by atoms with van der Waals surface area (Å²) in [5.74, 6) is -1.04. The molecule has 0 radical (unpaired) electrons. The van der Waals surface area contributed by atoms with Crippen molar-refractivity contribution in [2.24, 2.45) is 0 Å². The van der Waals surface area contributed by atoms with Gasteiger partial charge in [0.15, 0.2) is 17.5 Å². The van der Waals surface area contributed by atoms with Gasteiger partial charge in [-0.1, -0.05) is 47.1 Å². The summed E-state index contributed by atoms with van der Waals surface area (Å²) in [6.07, 6.45) is 3.93. The Morgan fingerprint density at radius 2 is 1.87 bits per heavy atom. The minimum Gasteiger partial charge on any atom is -0.453 e. The Labute approximate surface area is 194 Å².